The number of nitrogens with zero attached hydrogens (tertiary/aromatic N) is 2. The first-order chi connectivity index (χ1) is 14.6. The number of hydrogen-bond acceptors (Lipinski definition) is 6. The van der Waals surface area contributed by atoms with Gasteiger partial charge in [0.2, 0.25) is 0 Å². The van der Waals surface area contributed by atoms with Crippen LogP contribution in [0.3, 0.4) is 0 Å². The SMILES string of the molecule is CCOC(=O)CN1C(=O)S/C(=C\c2cc(C)n(-c3ccc(Cl)c(C(=O)O)c3)c2C)C1=O. The Labute approximate surface area is 187 Å². The average molecular weight is 463 g/mol. The summed E-state index contributed by atoms with van der Waals surface area (Å²) in [6, 6.07) is 6.51. The van der Waals surface area contributed by atoms with Gasteiger partial charge >= 0.3 is 11.9 Å². The predicted molar refractivity (Wildman–Crippen MR) is 117 cm³/mol. The molecule has 2 aromatic rings. The fraction of sp³-hybridized carbons (Fsp3) is 0.238. The van der Waals surface area contributed by atoms with Gasteiger partial charge in [-0.1, -0.05) is 11.6 Å². The molecular weight excluding hydrogens is 444 g/mol. The van der Waals surface area contributed by atoms with Crippen molar-refractivity contribution < 1.29 is 29.0 Å². The van der Waals surface area contributed by atoms with Crippen molar-refractivity contribution in [1.82, 2.24) is 9.47 Å². The number of esters is 1. The zero-order chi connectivity index (χ0) is 22.9. The largest absolute Gasteiger partial charge is 0.478 e. The van der Waals surface area contributed by atoms with E-state index in [1.54, 1.807) is 19.1 Å². The summed E-state index contributed by atoms with van der Waals surface area (Å²) in [7, 11) is 0. The first-order valence-corrected chi connectivity index (χ1v) is 10.5. The van der Waals surface area contributed by atoms with E-state index in [9.17, 15) is 24.3 Å². The highest BCUT2D eigenvalue weighted by Crippen LogP contribution is 2.34. The van der Waals surface area contributed by atoms with Gasteiger partial charge < -0.3 is 14.4 Å². The van der Waals surface area contributed by atoms with Crippen LogP contribution in [-0.2, 0) is 14.3 Å². The van der Waals surface area contributed by atoms with Crippen molar-refractivity contribution in [3.05, 3.63) is 56.7 Å². The van der Waals surface area contributed by atoms with E-state index in [0.29, 0.717) is 11.3 Å². The van der Waals surface area contributed by atoms with Crippen LogP contribution in [0.25, 0.3) is 11.8 Å². The maximum absolute atomic E-state index is 12.6. The monoisotopic (exact) mass is 462 g/mol. The molecular formula is C21H19ClN2O6S. The summed E-state index contributed by atoms with van der Waals surface area (Å²) in [6.07, 6.45) is 1.59. The Kier molecular flexibility index (Phi) is 6.56. The van der Waals surface area contributed by atoms with Crippen LogP contribution in [0, 0.1) is 13.8 Å². The second kappa shape index (κ2) is 8.99. The van der Waals surface area contributed by atoms with Crippen molar-refractivity contribution in [3.8, 4) is 5.69 Å². The van der Waals surface area contributed by atoms with E-state index in [2.05, 4.69) is 0 Å². The molecule has 0 aliphatic carbocycles. The van der Waals surface area contributed by atoms with Crippen LogP contribution in [-0.4, -0.2) is 50.8 Å². The summed E-state index contributed by atoms with van der Waals surface area (Å²) in [6.45, 7) is 5.02. The molecule has 1 saturated heterocycles. The Morgan fingerprint density at radius 3 is 2.58 bits per heavy atom. The molecule has 0 bridgehead atoms. The highest BCUT2D eigenvalue weighted by molar-refractivity contribution is 8.18. The number of rotatable bonds is 6. The summed E-state index contributed by atoms with van der Waals surface area (Å²) in [5.41, 5.74) is 2.81. The third-order valence-electron chi connectivity index (χ3n) is 4.66. The second-order valence-corrected chi connectivity index (χ2v) is 8.10. The number of amides is 2. The minimum atomic E-state index is -1.13. The fourth-order valence-corrected chi connectivity index (χ4v) is 4.29. The molecule has 1 N–H and O–H groups in total. The minimum absolute atomic E-state index is 0.0201. The van der Waals surface area contributed by atoms with E-state index >= 15 is 0 Å². The lowest BCUT2D eigenvalue weighted by molar-refractivity contribution is -0.145. The van der Waals surface area contributed by atoms with Crippen molar-refractivity contribution in [2.75, 3.05) is 13.2 Å². The Hall–Kier alpha value is -3.04. The summed E-state index contributed by atoms with van der Waals surface area (Å²) in [5.74, 6) is -2.35. The Morgan fingerprint density at radius 1 is 1.23 bits per heavy atom. The van der Waals surface area contributed by atoms with Gasteiger partial charge in [0.05, 0.1) is 22.1 Å². The van der Waals surface area contributed by atoms with Crippen LogP contribution >= 0.6 is 23.4 Å². The number of aryl methyl sites for hydroxylation is 1. The lowest BCUT2D eigenvalue weighted by atomic mass is 10.2. The smallest absolute Gasteiger partial charge is 0.337 e. The highest BCUT2D eigenvalue weighted by Gasteiger charge is 2.36. The van der Waals surface area contributed by atoms with Crippen LogP contribution in [0.15, 0.2) is 29.2 Å². The van der Waals surface area contributed by atoms with Crippen LogP contribution in [0.1, 0.15) is 34.2 Å². The minimum Gasteiger partial charge on any atom is -0.478 e. The van der Waals surface area contributed by atoms with E-state index in [4.69, 9.17) is 16.3 Å². The zero-order valence-corrected chi connectivity index (χ0v) is 18.5. The Balaban J connectivity index is 1.94. The lowest BCUT2D eigenvalue weighted by Gasteiger charge is -2.11. The molecule has 10 heteroatoms. The highest BCUT2D eigenvalue weighted by atomic mass is 35.5. The third-order valence-corrected chi connectivity index (χ3v) is 5.90. The first-order valence-electron chi connectivity index (χ1n) is 9.27. The molecule has 162 valence electrons. The molecule has 2 heterocycles. The van der Waals surface area contributed by atoms with Crippen LogP contribution in [0.5, 0.6) is 0 Å². The molecule has 8 nitrogen and oxygen atoms in total. The quantitative estimate of drug-likeness (QED) is 0.510. The topological polar surface area (TPSA) is 106 Å². The van der Waals surface area contributed by atoms with Gasteiger partial charge in [0.25, 0.3) is 11.1 Å². The molecule has 0 saturated carbocycles. The van der Waals surface area contributed by atoms with Gasteiger partial charge in [0, 0.05) is 17.1 Å². The number of thioether (sulfide) groups is 1. The van der Waals surface area contributed by atoms with Gasteiger partial charge in [-0.15, -0.1) is 0 Å². The van der Waals surface area contributed by atoms with Gasteiger partial charge in [-0.05, 0) is 68.4 Å². The van der Waals surface area contributed by atoms with E-state index in [-0.39, 0.29) is 22.1 Å². The maximum atomic E-state index is 12.6. The van der Waals surface area contributed by atoms with E-state index in [0.717, 1.165) is 28.0 Å². The number of benzene rings is 1. The Morgan fingerprint density at radius 2 is 1.94 bits per heavy atom. The number of halogens is 1. The normalized spacial score (nSPS) is 15.1. The number of carbonyl (C=O) groups is 4. The number of imide groups is 1. The van der Waals surface area contributed by atoms with Crippen molar-refractivity contribution in [3.63, 3.8) is 0 Å². The molecule has 0 atom stereocenters. The molecule has 1 aliphatic heterocycles. The zero-order valence-electron chi connectivity index (χ0n) is 17.0. The van der Waals surface area contributed by atoms with Gasteiger partial charge in [0.15, 0.2) is 0 Å². The predicted octanol–water partition coefficient (Wildman–Crippen LogP) is 4.05. The molecule has 3 rings (SSSR count). The summed E-state index contributed by atoms with van der Waals surface area (Å²) >= 11 is 6.72. The van der Waals surface area contributed by atoms with E-state index in [1.165, 1.54) is 12.1 Å². The number of ether oxygens (including phenoxy) is 1. The summed E-state index contributed by atoms with van der Waals surface area (Å²) < 4.78 is 6.64. The van der Waals surface area contributed by atoms with Crippen molar-refractivity contribution in [1.29, 1.82) is 0 Å². The third kappa shape index (κ3) is 4.52. The van der Waals surface area contributed by atoms with Crippen molar-refractivity contribution >= 4 is 52.5 Å². The molecule has 1 fully saturated rings. The molecule has 1 aromatic carbocycles. The molecule has 1 aromatic heterocycles. The number of carboxylic acid groups (broad SMARTS) is 1. The lowest BCUT2D eigenvalue weighted by Crippen LogP contribution is -2.34. The van der Waals surface area contributed by atoms with Crippen molar-refractivity contribution in [2.24, 2.45) is 0 Å². The number of carbonyl (C=O) groups excluding carboxylic acids is 3. The van der Waals surface area contributed by atoms with Gasteiger partial charge in [0.1, 0.15) is 6.54 Å². The Bertz CT molecular complexity index is 1140. The standard InChI is InChI=1S/C21H19ClN2O6S/c1-4-30-18(25)10-23-19(26)17(31-21(23)29)8-13-7-11(2)24(12(13)3)14-5-6-16(22)15(9-14)20(27)28/h5-9H,4,10H2,1-3H3,(H,27,28)/b17-8-. The summed E-state index contributed by atoms with van der Waals surface area (Å²) in [5, 5.41) is 8.93. The molecule has 0 spiro atoms. The van der Waals surface area contributed by atoms with E-state index in [1.807, 2.05) is 24.5 Å². The van der Waals surface area contributed by atoms with Gasteiger partial charge in [-0.25, -0.2) is 4.79 Å². The van der Waals surface area contributed by atoms with Crippen LogP contribution in [0.4, 0.5) is 4.79 Å². The maximum Gasteiger partial charge on any atom is 0.337 e. The first kappa shape index (κ1) is 22.6. The van der Waals surface area contributed by atoms with Crippen molar-refractivity contribution in [2.45, 2.75) is 20.8 Å². The molecule has 2 amide bonds. The van der Waals surface area contributed by atoms with Crippen LogP contribution < -0.4 is 0 Å². The van der Waals surface area contributed by atoms with Crippen LogP contribution in [0.2, 0.25) is 5.02 Å². The van der Waals surface area contributed by atoms with Gasteiger partial charge in [-0.2, -0.15) is 0 Å². The number of carboxylic acids is 1. The number of hydrogen-bond donors (Lipinski definition) is 1. The molecule has 0 unspecified atom stereocenters. The second-order valence-electron chi connectivity index (χ2n) is 6.70. The molecule has 0 radical (unpaired) electrons. The van der Waals surface area contributed by atoms with E-state index < -0.39 is 29.6 Å². The average Bonchev–Trinajstić information content (AvgIpc) is 3.12. The number of aromatic carboxylic acids is 1. The number of aromatic nitrogens is 1. The van der Waals surface area contributed by atoms with Gasteiger partial charge in [-0.3, -0.25) is 19.3 Å². The molecule has 31 heavy (non-hydrogen) atoms. The molecule has 1 aliphatic rings. The summed E-state index contributed by atoms with van der Waals surface area (Å²) in [4.78, 5) is 48.9. The fourth-order valence-electron chi connectivity index (χ4n) is 3.26.